The first-order valence-electron chi connectivity index (χ1n) is 7.46. The van der Waals surface area contributed by atoms with Gasteiger partial charge in [-0.15, -0.1) is 0 Å². The van der Waals surface area contributed by atoms with Gasteiger partial charge < -0.3 is 16.2 Å². The second kappa shape index (κ2) is 6.98. The first-order chi connectivity index (χ1) is 10.5. The molecule has 0 fully saturated rings. The van der Waals surface area contributed by atoms with Crippen LogP contribution in [0.3, 0.4) is 0 Å². The fourth-order valence-corrected chi connectivity index (χ4v) is 2.36. The molecule has 0 heterocycles. The Morgan fingerprint density at radius 2 is 1.36 bits per heavy atom. The van der Waals surface area contributed by atoms with Crippen LogP contribution < -0.4 is 11.5 Å². The minimum absolute atomic E-state index is 0.244. The smallest absolute Gasteiger partial charge is 0.338 e. The maximum Gasteiger partial charge on any atom is 0.338 e. The molecule has 0 saturated carbocycles. The van der Waals surface area contributed by atoms with Gasteiger partial charge in [0.1, 0.15) is 6.61 Å². The molecule has 0 atom stereocenters. The number of carbonyl (C=O) groups excluding carboxylic acids is 1. The second-order valence-electron chi connectivity index (χ2n) is 5.33. The van der Waals surface area contributed by atoms with Crippen molar-refractivity contribution in [3.63, 3.8) is 0 Å². The standard InChI is InChI=1S/C18H22N2O2/c1-3-12-5-13(4-2)7-14(6-12)11-22-18(21)15-8-16(19)10-17(20)9-15/h5-10H,3-4,11,19-20H2,1-2H3. The zero-order valence-electron chi connectivity index (χ0n) is 13.1. The number of aryl methyl sites for hydroxylation is 2. The molecule has 4 heteroatoms. The average molecular weight is 298 g/mol. The lowest BCUT2D eigenvalue weighted by atomic mass is 10.0. The number of esters is 1. The Morgan fingerprint density at radius 3 is 1.86 bits per heavy atom. The van der Waals surface area contributed by atoms with E-state index in [4.69, 9.17) is 16.2 Å². The van der Waals surface area contributed by atoms with Gasteiger partial charge in [-0.25, -0.2) is 4.79 Å². The molecule has 0 saturated heterocycles. The Hall–Kier alpha value is -2.49. The van der Waals surface area contributed by atoms with Crippen LogP contribution in [0.1, 0.15) is 40.9 Å². The molecular formula is C18H22N2O2. The zero-order valence-corrected chi connectivity index (χ0v) is 13.1. The van der Waals surface area contributed by atoms with Gasteiger partial charge in [-0.3, -0.25) is 0 Å². The predicted molar refractivity (Wildman–Crippen MR) is 89.6 cm³/mol. The number of benzene rings is 2. The van der Waals surface area contributed by atoms with E-state index in [1.165, 1.54) is 11.1 Å². The van der Waals surface area contributed by atoms with Gasteiger partial charge in [-0.05, 0) is 47.7 Å². The Balaban J connectivity index is 2.10. The number of rotatable bonds is 5. The topological polar surface area (TPSA) is 78.3 Å². The molecule has 0 spiro atoms. The average Bonchev–Trinajstić information content (AvgIpc) is 2.51. The Morgan fingerprint density at radius 1 is 0.864 bits per heavy atom. The summed E-state index contributed by atoms with van der Waals surface area (Å²) in [6.07, 6.45) is 1.92. The van der Waals surface area contributed by atoms with Crippen molar-refractivity contribution < 1.29 is 9.53 Å². The summed E-state index contributed by atoms with van der Waals surface area (Å²) in [5.41, 5.74) is 16.2. The largest absolute Gasteiger partial charge is 0.457 e. The van der Waals surface area contributed by atoms with E-state index in [9.17, 15) is 4.79 Å². The fraction of sp³-hybridized carbons (Fsp3) is 0.278. The van der Waals surface area contributed by atoms with Crippen LogP contribution in [0.2, 0.25) is 0 Å². The lowest BCUT2D eigenvalue weighted by Gasteiger charge is -2.09. The van der Waals surface area contributed by atoms with Crippen LogP contribution in [0.25, 0.3) is 0 Å². The summed E-state index contributed by atoms with van der Waals surface area (Å²) in [6, 6.07) is 11.1. The highest BCUT2D eigenvalue weighted by atomic mass is 16.5. The summed E-state index contributed by atoms with van der Waals surface area (Å²) < 4.78 is 5.37. The summed E-state index contributed by atoms with van der Waals surface area (Å²) in [5, 5.41) is 0. The van der Waals surface area contributed by atoms with E-state index in [1.54, 1.807) is 18.2 Å². The maximum atomic E-state index is 12.1. The third-order valence-electron chi connectivity index (χ3n) is 3.51. The molecule has 0 aliphatic carbocycles. The first-order valence-corrected chi connectivity index (χ1v) is 7.46. The number of nitrogens with two attached hydrogens (primary N) is 2. The van der Waals surface area contributed by atoms with Gasteiger partial charge in [0, 0.05) is 11.4 Å². The summed E-state index contributed by atoms with van der Waals surface area (Å²) in [4.78, 5) is 12.1. The fourth-order valence-electron chi connectivity index (χ4n) is 2.36. The van der Waals surface area contributed by atoms with Crippen molar-refractivity contribution in [3.05, 3.63) is 58.7 Å². The van der Waals surface area contributed by atoms with Gasteiger partial charge >= 0.3 is 5.97 Å². The number of hydrogen-bond acceptors (Lipinski definition) is 4. The maximum absolute atomic E-state index is 12.1. The van der Waals surface area contributed by atoms with E-state index in [0.29, 0.717) is 16.9 Å². The van der Waals surface area contributed by atoms with E-state index in [1.807, 2.05) is 0 Å². The van der Waals surface area contributed by atoms with Gasteiger partial charge in [0.2, 0.25) is 0 Å². The van der Waals surface area contributed by atoms with Gasteiger partial charge in [-0.1, -0.05) is 32.0 Å². The highest BCUT2D eigenvalue weighted by Crippen LogP contribution is 2.17. The van der Waals surface area contributed by atoms with Gasteiger partial charge in [0.15, 0.2) is 0 Å². The van der Waals surface area contributed by atoms with Crippen LogP contribution in [-0.2, 0) is 24.2 Å². The molecule has 0 unspecified atom stereocenters. The van der Waals surface area contributed by atoms with Crippen LogP contribution in [0.5, 0.6) is 0 Å². The van der Waals surface area contributed by atoms with Crippen molar-refractivity contribution in [1.82, 2.24) is 0 Å². The minimum atomic E-state index is -0.418. The Labute approximate surface area is 131 Å². The van der Waals surface area contributed by atoms with E-state index >= 15 is 0 Å². The van der Waals surface area contributed by atoms with E-state index in [-0.39, 0.29) is 6.61 Å². The number of carbonyl (C=O) groups is 1. The van der Waals surface area contributed by atoms with Crippen molar-refractivity contribution in [2.45, 2.75) is 33.3 Å². The van der Waals surface area contributed by atoms with Gasteiger partial charge in [0.05, 0.1) is 5.56 Å². The number of anilines is 2. The van der Waals surface area contributed by atoms with E-state index in [0.717, 1.165) is 18.4 Å². The van der Waals surface area contributed by atoms with Crippen LogP contribution in [0.15, 0.2) is 36.4 Å². The molecule has 0 radical (unpaired) electrons. The number of nitrogen functional groups attached to an aromatic ring is 2. The molecule has 2 rings (SSSR count). The van der Waals surface area contributed by atoms with Crippen molar-refractivity contribution in [2.75, 3.05) is 11.5 Å². The molecule has 2 aromatic carbocycles. The van der Waals surface area contributed by atoms with Crippen LogP contribution >= 0.6 is 0 Å². The quantitative estimate of drug-likeness (QED) is 0.655. The normalized spacial score (nSPS) is 10.5. The molecule has 0 aliphatic heterocycles. The van der Waals surface area contributed by atoms with Crippen molar-refractivity contribution in [2.24, 2.45) is 0 Å². The summed E-state index contributed by atoms with van der Waals surface area (Å²) in [5.74, 6) is -0.418. The molecule has 116 valence electrons. The Bertz CT molecular complexity index is 638. The molecule has 22 heavy (non-hydrogen) atoms. The van der Waals surface area contributed by atoms with Gasteiger partial charge in [-0.2, -0.15) is 0 Å². The van der Waals surface area contributed by atoms with Crippen molar-refractivity contribution >= 4 is 17.3 Å². The first kappa shape index (κ1) is 15.9. The van der Waals surface area contributed by atoms with Crippen molar-refractivity contribution in [1.29, 1.82) is 0 Å². The molecular weight excluding hydrogens is 276 g/mol. The summed E-state index contributed by atoms with van der Waals surface area (Å²) in [6.45, 7) is 4.47. The van der Waals surface area contributed by atoms with E-state index < -0.39 is 5.97 Å². The van der Waals surface area contributed by atoms with E-state index in [2.05, 4.69) is 32.0 Å². The highest BCUT2D eigenvalue weighted by molar-refractivity contribution is 5.91. The summed E-state index contributed by atoms with van der Waals surface area (Å²) in [7, 11) is 0. The highest BCUT2D eigenvalue weighted by Gasteiger charge is 2.10. The van der Waals surface area contributed by atoms with Crippen molar-refractivity contribution in [3.8, 4) is 0 Å². The Kier molecular flexibility index (Phi) is 5.04. The lowest BCUT2D eigenvalue weighted by molar-refractivity contribution is 0.0472. The van der Waals surface area contributed by atoms with Crippen LogP contribution in [0, 0.1) is 0 Å². The van der Waals surface area contributed by atoms with Gasteiger partial charge in [0.25, 0.3) is 0 Å². The molecule has 4 nitrogen and oxygen atoms in total. The SMILES string of the molecule is CCc1cc(CC)cc(COC(=O)c2cc(N)cc(N)c2)c1. The van der Waals surface area contributed by atoms with Crippen LogP contribution in [0.4, 0.5) is 11.4 Å². The third-order valence-corrected chi connectivity index (χ3v) is 3.51. The number of hydrogen-bond donors (Lipinski definition) is 2. The molecule has 0 amide bonds. The molecule has 0 aliphatic rings. The third kappa shape index (κ3) is 4.01. The predicted octanol–water partition coefficient (Wildman–Crippen LogP) is 3.33. The lowest BCUT2D eigenvalue weighted by Crippen LogP contribution is -2.07. The zero-order chi connectivity index (χ0) is 16.1. The number of ether oxygens (including phenoxy) is 1. The molecule has 4 N–H and O–H groups in total. The summed E-state index contributed by atoms with van der Waals surface area (Å²) >= 11 is 0. The van der Waals surface area contributed by atoms with Crippen LogP contribution in [-0.4, -0.2) is 5.97 Å². The second-order valence-corrected chi connectivity index (χ2v) is 5.33. The monoisotopic (exact) mass is 298 g/mol. The minimum Gasteiger partial charge on any atom is -0.457 e. The molecule has 0 aromatic heterocycles. The molecule has 2 aromatic rings. The molecule has 0 bridgehead atoms.